The number of aromatic nitrogens is 1. The van der Waals surface area contributed by atoms with E-state index in [9.17, 15) is 4.79 Å². The minimum atomic E-state index is -0.627. The van der Waals surface area contributed by atoms with Crippen LogP contribution in [-0.4, -0.2) is 30.1 Å². The third kappa shape index (κ3) is 4.61. The maximum absolute atomic E-state index is 12.0. The standard InChI is InChI=1S/C18H21ClN2O3/c1-11(2)21-18(22)12(3)24-15-8-13(7-14(19)9-15)16-5-6-20-10-17(16)23-4/h5-12H,1-4H3,(H,21,22). The summed E-state index contributed by atoms with van der Waals surface area (Å²) >= 11 is 6.21. The van der Waals surface area contributed by atoms with Crippen LogP contribution < -0.4 is 14.8 Å². The van der Waals surface area contributed by atoms with Crippen molar-refractivity contribution in [3.05, 3.63) is 41.7 Å². The van der Waals surface area contributed by atoms with E-state index in [1.54, 1.807) is 32.5 Å². The lowest BCUT2D eigenvalue weighted by Gasteiger charge is -2.17. The Labute approximate surface area is 147 Å². The van der Waals surface area contributed by atoms with Crippen LogP contribution in [0.25, 0.3) is 11.1 Å². The molecule has 1 aromatic heterocycles. The van der Waals surface area contributed by atoms with Gasteiger partial charge < -0.3 is 14.8 Å². The van der Waals surface area contributed by atoms with E-state index in [0.29, 0.717) is 16.5 Å². The Morgan fingerprint density at radius 3 is 2.67 bits per heavy atom. The number of carbonyl (C=O) groups is 1. The van der Waals surface area contributed by atoms with Crippen molar-refractivity contribution in [3.8, 4) is 22.6 Å². The Hall–Kier alpha value is -2.27. The fraction of sp³-hybridized carbons (Fsp3) is 0.333. The van der Waals surface area contributed by atoms with Crippen molar-refractivity contribution >= 4 is 17.5 Å². The first kappa shape index (κ1) is 18.1. The minimum absolute atomic E-state index is 0.0551. The van der Waals surface area contributed by atoms with Crippen molar-refractivity contribution in [2.75, 3.05) is 7.11 Å². The third-order valence-electron chi connectivity index (χ3n) is 3.30. The van der Waals surface area contributed by atoms with Crippen LogP contribution >= 0.6 is 11.6 Å². The number of carbonyl (C=O) groups excluding carboxylic acids is 1. The first-order valence-corrected chi connectivity index (χ1v) is 8.04. The highest BCUT2D eigenvalue weighted by molar-refractivity contribution is 6.31. The Kier molecular flexibility index (Phi) is 6.04. The average molecular weight is 349 g/mol. The molecule has 2 aromatic rings. The van der Waals surface area contributed by atoms with Crippen LogP contribution in [0.4, 0.5) is 0 Å². The summed E-state index contributed by atoms with van der Waals surface area (Å²) in [7, 11) is 1.58. The molecule has 0 bridgehead atoms. The number of rotatable bonds is 6. The second-order valence-corrected chi connectivity index (χ2v) is 6.11. The average Bonchev–Trinajstić information content (AvgIpc) is 2.53. The lowest BCUT2D eigenvalue weighted by atomic mass is 10.1. The molecule has 1 amide bonds. The summed E-state index contributed by atoms with van der Waals surface area (Å²) in [6.45, 7) is 5.50. The monoisotopic (exact) mass is 348 g/mol. The Morgan fingerprint density at radius 2 is 2.00 bits per heavy atom. The SMILES string of the molecule is COc1cnccc1-c1cc(Cl)cc(OC(C)C(=O)NC(C)C)c1. The Morgan fingerprint density at radius 1 is 1.25 bits per heavy atom. The lowest BCUT2D eigenvalue weighted by molar-refractivity contribution is -0.127. The number of halogens is 1. The van der Waals surface area contributed by atoms with Gasteiger partial charge in [0, 0.05) is 22.8 Å². The first-order chi connectivity index (χ1) is 11.4. The summed E-state index contributed by atoms with van der Waals surface area (Å²) in [5, 5.41) is 3.33. The molecule has 0 aliphatic rings. The number of benzene rings is 1. The van der Waals surface area contributed by atoms with Crippen LogP contribution in [0.2, 0.25) is 5.02 Å². The van der Waals surface area contributed by atoms with Gasteiger partial charge in [-0.15, -0.1) is 0 Å². The molecular weight excluding hydrogens is 328 g/mol. The molecule has 0 radical (unpaired) electrons. The van der Waals surface area contributed by atoms with Crippen LogP contribution in [0.15, 0.2) is 36.7 Å². The zero-order chi connectivity index (χ0) is 17.7. The van der Waals surface area contributed by atoms with Crippen molar-refractivity contribution in [2.24, 2.45) is 0 Å². The number of nitrogens with zero attached hydrogens (tertiary/aromatic N) is 1. The van der Waals surface area contributed by atoms with Gasteiger partial charge in [-0.3, -0.25) is 9.78 Å². The molecule has 1 heterocycles. The van der Waals surface area contributed by atoms with E-state index in [4.69, 9.17) is 21.1 Å². The molecule has 6 heteroatoms. The molecule has 0 fully saturated rings. The molecule has 128 valence electrons. The van der Waals surface area contributed by atoms with Gasteiger partial charge in [0.2, 0.25) is 0 Å². The lowest BCUT2D eigenvalue weighted by Crippen LogP contribution is -2.40. The molecule has 0 aliphatic carbocycles. The van der Waals surface area contributed by atoms with Crippen molar-refractivity contribution in [3.63, 3.8) is 0 Å². The van der Waals surface area contributed by atoms with Gasteiger partial charge >= 0.3 is 0 Å². The number of amides is 1. The summed E-state index contributed by atoms with van der Waals surface area (Å²) in [4.78, 5) is 16.0. The van der Waals surface area contributed by atoms with Gasteiger partial charge in [-0.1, -0.05) is 11.6 Å². The maximum atomic E-state index is 12.0. The number of pyridine rings is 1. The molecule has 1 atom stereocenters. The summed E-state index contributed by atoms with van der Waals surface area (Å²) < 4.78 is 11.1. The topological polar surface area (TPSA) is 60.5 Å². The highest BCUT2D eigenvalue weighted by Gasteiger charge is 2.16. The molecule has 1 N–H and O–H groups in total. The van der Waals surface area contributed by atoms with E-state index in [1.165, 1.54) is 0 Å². The van der Waals surface area contributed by atoms with E-state index in [0.717, 1.165) is 11.1 Å². The van der Waals surface area contributed by atoms with Gasteiger partial charge in [-0.2, -0.15) is 0 Å². The smallest absolute Gasteiger partial charge is 0.260 e. The third-order valence-corrected chi connectivity index (χ3v) is 3.52. The second kappa shape index (κ2) is 8.02. The molecular formula is C18H21ClN2O3. The Balaban J connectivity index is 2.27. The number of hydrogen-bond donors (Lipinski definition) is 1. The highest BCUT2D eigenvalue weighted by atomic mass is 35.5. The van der Waals surface area contributed by atoms with Gasteiger partial charge in [-0.05, 0) is 50.6 Å². The number of nitrogens with one attached hydrogen (secondary N) is 1. The predicted octanol–water partition coefficient (Wildman–Crippen LogP) is 3.70. The quantitative estimate of drug-likeness (QED) is 0.864. The zero-order valence-electron chi connectivity index (χ0n) is 14.2. The van der Waals surface area contributed by atoms with Crippen LogP contribution in [0.1, 0.15) is 20.8 Å². The van der Waals surface area contributed by atoms with Gasteiger partial charge in [0.1, 0.15) is 11.5 Å². The van der Waals surface area contributed by atoms with Crippen molar-refractivity contribution in [1.82, 2.24) is 10.3 Å². The molecule has 2 rings (SSSR count). The fourth-order valence-corrected chi connectivity index (χ4v) is 2.45. The summed E-state index contributed by atoms with van der Waals surface area (Å²) in [6, 6.07) is 7.20. The van der Waals surface area contributed by atoms with Crippen LogP contribution in [0, 0.1) is 0 Å². The van der Waals surface area contributed by atoms with E-state index in [-0.39, 0.29) is 11.9 Å². The zero-order valence-corrected chi connectivity index (χ0v) is 14.9. The maximum Gasteiger partial charge on any atom is 0.260 e. The van der Waals surface area contributed by atoms with Crippen molar-refractivity contribution in [1.29, 1.82) is 0 Å². The molecule has 1 unspecified atom stereocenters. The summed E-state index contributed by atoms with van der Waals surface area (Å²) in [5.74, 6) is 0.979. The van der Waals surface area contributed by atoms with Crippen LogP contribution in [0.3, 0.4) is 0 Å². The summed E-state index contributed by atoms with van der Waals surface area (Å²) in [5.41, 5.74) is 1.67. The van der Waals surface area contributed by atoms with Gasteiger partial charge in [0.05, 0.1) is 13.3 Å². The molecule has 1 aromatic carbocycles. The minimum Gasteiger partial charge on any atom is -0.494 e. The number of methoxy groups -OCH3 is 1. The van der Waals surface area contributed by atoms with E-state index >= 15 is 0 Å². The van der Waals surface area contributed by atoms with Gasteiger partial charge in [0.15, 0.2) is 6.10 Å². The van der Waals surface area contributed by atoms with E-state index in [2.05, 4.69) is 10.3 Å². The van der Waals surface area contributed by atoms with Gasteiger partial charge in [-0.25, -0.2) is 0 Å². The summed E-state index contributed by atoms with van der Waals surface area (Å²) in [6.07, 6.45) is 2.69. The molecule has 5 nitrogen and oxygen atoms in total. The molecule has 0 saturated heterocycles. The van der Waals surface area contributed by atoms with Gasteiger partial charge in [0.25, 0.3) is 5.91 Å². The highest BCUT2D eigenvalue weighted by Crippen LogP contribution is 2.33. The van der Waals surface area contributed by atoms with E-state index < -0.39 is 6.10 Å². The molecule has 0 spiro atoms. The Bertz CT molecular complexity index is 719. The molecule has 24 heavy (non-hydrogen) atoms. The normalized spacial score (nSPS) is 11.9. The molecule has 0 saturated carbocycles. The van der Waals surface area contributed by atoms with Crippen molar-refractivity contribution in [2.45, 2.75) is 32.9 Å². The fourth-order valence-electron chi connectivity index (χ4n) is 2.23. The van der Waals surface area contributed by atoms with E-state index in [1.807, 2.05) is 32.0 Å². The number of ether oxygens (including phenoxy) is 2. The van der Waals surface area contributed by atoms with Crippen LogP contribution in [0.5, 0.6) is 11.5 Å². The van der Waals surface area contributed by atoms with Crippen molar-refractivity contribution < 1.29 is 14.3 Å². The number of hydrogen-bond acceptors (Lipinski definition) is 4. The van der Waals surface area contributed by atoms with Crippen LogP contribution in [-0.2, 0) is 4.79 Å². The first-order valence-electron chi connectivity index (χ1n) is 7.66. The largest absolute Gasteiger partial charge is 0.494 e. The second-order valence-electron chi connectivity index (χ2n) is 5.67. The molecule has 0 aliphatic heterocycles. The predicted molar refractivity (Wildman–Crippen MR) is 94.6 cm³/mol.